The van der Waals surface area contributed by atoms with Gasteiger partial charge in [0.1, 0.15) is 13.2 Å². The summed E-state index contributed by atoms with van der Waals surface area (Å²) in [7, 11) is 0. The summed E-state index contributed by atoms with van der Waals surface area (Å²) in [5.41, 5.74) is 1.03. The number of hydrogen-bond donors (Lipinski definition) is 1. The number of rotatable bonds is 5. The molecule has 1 aliphatic rings. The summed E-state index contributed by atoms with van der Waals surface area (Å²) in [5.74, 6) is 1.70. The first-order chi connectivity index (χ1) is 9.61. The molecule has 1 aromatic rings. The molecule has 1 N–H and O–H groups in total. The van der Waals surface area contributed by atoms with Gasteiger partial charge in [0.15, 0.2) is 11.5 Å². The van der Waals surface area contributed by atoms with Gasteiger partial charge in [0.05, 0.1) is 6.04 Å². The average molecular weight is 277 g/mol. The van der Waals surface area contributed by atoms with Crippen molar-refractivity contribution in [2.24, 2.45) is 5.92 Å². The molecule has 0 fully saturated rings. The number of nitrogens with one attached hydrogen (secondary N) is 1. The van der Waals surface area contributed by atoms with E-state index in [1.54, 1.807) is 0 Å². The van der Waals surface area contributed by atoms with Gasteiger partial charge in [-0.1, -0.05) is 26.3 Å². The van der Waals surface area contributed by atoms with E-state index in [0.717, 1.165) is 29.9 Å². The topological polar surface area (TPSA) is 47.6 Å². The zero-order chi connectivity index (χ0) is 14.5. The van der Waals surface area contributed by atoms with Crippen molar-refractivity contribution in [3.63, 3.8) is 0 Å². The average Bonchev–Trinajstić information content (AvgIpc) is 2.46. The number of benzene rings is 1. The summed E-state index contributed by atoms with van der Waals surface area (Å²) in [6, 6.07) is 5.80. The Kier molecular flexibility index (Phi) is 4.88. The second kappa shape index (κ2) is 6.64. The molecule has 0 saturated heterocycles. The molecule has 20 heavy (non-hydrogen) atoms. The first-order valence-corrected chi connectivity index (χ1v) is 7.31. The van der Waals surface area contributed by atoms with E-state index in [-0.39, 0.29) is 17.9 Å². The highest BCUT2D eigenvalue weighted by Gasteiger charge is 2.18. The van der Waals surface area contributed by atoms with Gasteiger partial charge in [-0.25, -0.2) is 0 Å². The van der Waals surface area contributed by atoms with Crippen LogP contribution in [-0.2, 0) is 4.79 Å². The van der Waals surface area contributed by atoms with Crippen molar-refractivity contribution < 1.29 is 14.3 Å². The third-order valence-corrected chi connectivity index (χ3v) is 3.59. The molecule has 1 aliphatic heterocycles. The van der Waals surface area contributed by atoms with Crippen LogP contribution in [0.1, 0.15) is 45.2 Å². The van der Waals surface area contributed by atoms with Crippen molar-refractivity contribution in [2.75, 3.05) is 13.2 Å². The predicted octanol–water partition coefficient (Wildman–Crippen LogP) is 3.07. The zero-order valence-corrected chi connectivity index (χ0v) is 12.4. The van der Waals surface area contributed by atoms with Gasteiger partial charge in [-0.3, -0.25) is 4.79 Å². The maximum absolute atomic E-state index is 12.0. The monoisotopic (exact) mass is 277 g/mol. The number of carbonyl (C=O) groups excluding carboxylic acids is 1. The molecule has 1 aromatic carbocycles. The van der Waals surface area contributed by atoms with E-state index in [1.807, 2.05) is 32.0 Å². The lowest BCUT2D eigenvalue weighted by molar-refractivity contribution is -0.125. The van der Waals surface area contributed by atoms with Crippen LogP contribution >= 0.6 is 0 Å². The fourth-order valence-electron chi connectivity index (χ4n) is 2.33. The fraction of sp³-hybridized carbons (Fsp3) is 0.562. The summed E-state index contributed by atoms with van der Waals surface area (Å²) in [6.45, 7) is 7.21. The standard InChI is InChI=1S/C16H23NO3/c1-4-5-11(2)16(18)17-12(3)13-6-7-14-15(10-13)20-9-8-19-14/h6-7,10-12H,4-5,8-9H2,1-3H3,(H,17,18). The third-order valence-electron chi connectivity index (χ3n) is 3.59. The maximum atomic E-state index is 12.0. The third kappa shape index (κ3) is 3.44. The minimum Gasteiger partial charge on any atom is -0.486 e. The van der Waals surface area contributed by atoms with Gasteiger partial charge in [0.25, 0.3) is 0 Å². The molecule has 0 aromatic heterocycles. The van der Waals surface area contributed by atoms with E-state index in [2.05, 4.69) is 12.2 Å². The van der Waals surface area contributed by atoms with E-state index in [4.69, 9.17) is 9.47 Å². The van der Waals surface area contributed by atoms with E-state index in [1.165, 1.54) is 0 Å². The Morgan fingerprint density at radius 2 is 1.95 bits per heavy atom. The lowest BCUT2D eigenvalue weighted by atomic mass is 10.0. The summed E-state index contributed by atoms with van der Waals surface area (Å²) in [5, 5.41) is 3.05. The zero-order valence-electron chi connectivity index (χ0n) is 12.4. The molecule has 1 heterocycles. The van der Waals surface area contributed by atoms with Gasteiger partial charge in [-0.2, -0.15) is 0 Å². The van der Waals surface area contributed by atoms with Gasteiger partial charge < -0.3 is 14.8 Å². The molecule has 0 bridgehead atoms. The van der Waals surface area contributed by atoms with Gasteiger partial charge in [-0.15, -0.1) is 0 Å². The number of carbonyl (C=O) groups is 1. The molecular weight excluding hydrogens is 254 g/mol. The van der Waals surface area contributed by atoms with Gasteiger partial charge >= 0.3 is 0 Å². The van der Waals surface area contributed by atoms with Crippen LogP contribution in [0, 0.1) is 5.92 Å². The minimum absolute atomic E-state index is 0.0300. The van der Waals surface area contributed by atoms with Gasteiger partial charge in [-0.05, 0) is 31.0 Å². The number of amides is 1. The van der Waals surface area contributed by atoms with Crippen LogP contribution in [0.25, 0.3) is 0 Å². The molecular formula is C16H23NO3. The molecule has 110 valence electrons. The highest BCUT2D eigenvalue weighted by atomic mass is 16.6. The van der Waals surface area contributed by atoms with Crippen molar-refractivity contribution in [1.29, 1.82) is 0 Å². The molecule has 0 spiro atoms. The summed E-state index contributed by atoms with van der Waals surface area (Å²) in [4.78, 5) is 12.0. The highest BCUT2D eigenvalue weighted by molar-refractivity contribution is 5.78. The molecule has 2 unspecified atom stereocenters. The van der Waals surface area contributed by atoms with E-state index in [9.17, 15) is 4.79 Å². The summed E-state index contributed by atoms with van der Waals surface area (Å²) in [6.07, 6.45) is 1.94. The lowest BCUT2D eigenvalue weighted by Gasteiger charge is -2.22. The van der Waals surface area contributed by atoms with Crippen molar-refractivity contribution in [3.05, 3.63) is 23.8 Å². The minimum atomic E-state index is -0.0300. The molecule has 2 atom stereocenters. The van der Waals surface area contributed by atoms with Crippen LogP contribution in [0.2, 0.25) is 0 Å². The van der Waals surface area contributed by atoms with Crippen LogP contribution in [-0.4, -0.2) is 19.1 Å². The molecule has 2 rings (SSSR count). The summed E-state index contributed by atoms with van der Waals surface area (Å²) < 4.78 is 11.1. The van der Waals surface area contributed by atoms with E-state index in [0.29, 0.717) is 13.2 Å². The first-order valence-electron chi connectivity index (χ1n) is 7.31. The van der Waals surface area contributed by atoms with E-state index < -0.39 is 0 Å². The normalized spacial score (nSPS) is 16.4. The number of fused-ring (bicyclic) bond motifs is 1. The van der Waals surface area contributed by atoms with E-state index >= 15 is 0 Å². The largest absolute Gasteiger partial charge is 0.486 e. The second-order valence-corrected chi connectivity index (χ2v) is 5.32. The highest BCUT2D eigenvalue weighted by Crippen LogP contribution is 2.32. The Morgan fingerprint density at radius 1 is 1.25 bits per heavy atom. The molecule has 4 heteroatoms. The van der Waals surface area contributed by atoms with Crippen molar-refractivity contribution in [3.8, 4) is 11.5 Å². The Balaban J connectivity index is 2.02. The number of hydrogen-bond acceptors (Lipinski definition) is 3. The predicted molar refractivity (Wildman–Crippen MR) is 78.1 cm³/mol. The molecule has 4 nitrogen and oxygen atoms in total. The lowest BCUT2D eigenvalue weighted by Crippen LogP contribution is -2.31. The Morgan fingerprint density at radius 3 is 2.65 bits per heavy atom. The Hall–Kier alpha value is -1.71. The quantitative estimate of drug-likeness (QED) is 0.899. The van der Waals surface area contributed by atoms with Gasteiger partial charge in [0.2, 0.25) is 5.91 Å². The molecule has 1 amide bonds. The maximum Gasteiger partial charge on any atom is 0.223 e. The van der Waals surface area contributed by atoms with Crippen molar-refractivity contribution >= 4 is 5.91 Å². The molecule has 0 radical (unpaired) electrons. The van der Waals surface area contributed by atoms with Crippen LogP contribution in [0.15, 0.2) is 18.2 Å². The fourth-order valence-corrected chi connectivity index (χ4v) is 2.33. The molecule has 0 aliphatic carbocycles. The second-order valence-electron chi connectivity index (χ2n) is 5.32. The van der Waals surface area contributed by atoms with Crippen LogP contribution in [0.5, 0.6) is 11.5 Å². The molecule has 0 saturated carbocycles. The van der Waals surface area contributed by atoms with Crippen LogP contribution in [0.3, 0.4) is 0 Å². The van der Waals surface area contributed by atoms with Crippen molar-refractivity contribution in [2.45, 2.75) is 39.7 Å². The van der Waals surface area contributed by atoms with Crippen LogP contribution < -0.4 is 14.8 Å². The summed E-state index contributed by atoms with van der Waals surface area (Å²) >= 11 is 0. The van der Waals surface area contributed by atoms with Crippen LogP contribution in [0.4, 0.5) is 0 Å². The van der Waals surface area contributed by atoms with Gasteiger partial charge in [0, 0.05) is 5.92 Å². The number of ether oxygens (including phenoxy) is 2. The SMILES string of the molecule is CCCC(C)C(=O)NC(C)c1ccc2c(c1)OCCO2. The van der Waals surface area contributed by atoms with Crippen molar-refractivity contribution in [1.82, 2.24) is 5.32 Å². The first kappa shape index (κ1) is 14.7. The smallest absolute Gasteiger partial charge is 0.223 e. The Bertz CT molecular complexity index is 473. The Labute approximate surface area is 120 Å².